The van der Waals surface area contributed by atoms with Gasteiger partial charge in [-0.15, -0.1) is 0 Å². The first-order valence-electron chi connectivity index (χ1n) is 8.45. The Labute approximate surface area is 146 Å². The number of rotatable bonds is 5. The molecule has 0 saturated heterocycles. The van der Waals surface area contributed by atoms with Crippen LogP contribution in [0.15, 0.2) is 24.3 Å². The molecule has 2 heterocycles. The van der Waals surface area contributed by atoms with Crippen molar-refractivity contribution >= 4 is 17.6 Å². The van der Waals surface area contributed by atoms with Crippen LogP contribution in [-0.2, 0) is 0 Å². The van der Waals surface area contributed by atoms with Crippen LogP contribution in [0.4, 0.5) is 5.82 Å². The maximum Gasteiger partial charge on any atom is 0.136 e. The zero-order valence-electron chi connectivity index (χ0n) is 15.8. The maximum absolute atomic E-state index is 7.70. The molecule has 4 nitrogen and oxygen atoms in total. The topological polar surface area (TPSA) is 60.8 Å². The van der Waals surface area contributed by atoms with Crippen molar-refractivity contribution < 1.29 is 0 Å². The number of nitrogens with one attached hydrogen (secondary N) is 3. The minimum absolute atomic E-state index is 0.0225. The maximum atomic E-state index is 7.70. The highest BCUT2D eigenvalue weighted by Gasteiger charge is 2.33. The molecule has 1 aromatic rings. The molecule has 0 aromatic carbocycles. The van der Waals surface area contributed by atoms with E-state index in [1.54, 1.807) is 0 Å². The van der Waals surface area contributed by atoms with E-state index in [0.717, 1.165) is 34.6 Å². The SMILES string of the molecule is C=C(C)CNc1nc(C2=CC(C)(C)NC(C)(C)C2)cc(C)c1C=N. The highest BCUT2D eigenvalue weighted by Crippen LogP contribution is 2.34. The smallest absolute Gasteiger partial charge is 0.136 e. The van der Waals surface area contributed by atoms with Crippen LogP contribution in [0, 0.1) is 12.3 Å². The largest absolute Gasteiger partial charge is 0.366 e. The fourth-order valence-corrected chi connectivity index (χ4v) is 3.48. The normalized spacial score (nSPS) is 18.7. The Kier molecular flexibility index (Phi) is 5.00. The van der Waals surface area contributed by atoms with Crippen LogP contribution < -0.4 is 10.6 Å². The minimum Gasteiger partial charge on any atom is -0.366 e. The number of aryl methyl sites for hydroxylation is 1. The van der Waals surface area contributed by atoms with Gasteiger partial charge >= 0.3 is 0 Å². The summed E-state index contributed by atoms with van der Waals surface area (Å²) in [6.45, 7) is 17.4. The summed E-state index contributed by atoms with van der Waals surface area (Å²) in [5, 5.41) is 14.7. The van der Waals surface area contributed by atoms with Gasteiger partial charge in [-0.1, -0.05) is 18.2 Å². The van der Waals surface area contributed by atoms with Crippen molar-refractivity contribution in [3.05, 3.63) is 41.1 Å². The van der Waals surface area contributed by atoms with Crippen molar-refractivity contribution in [1.29, 1.82) is 5.41 Å². The Bertz CT molecular complexity index is 696. The molecule has 3 N–H and O–H groups in total. The molecule has 130 valence electrons. The van der Waals surface area contributed by atoms with Crippen molar-refractivity contribution in [2.45, 2.75) is 59.0 Å². The average molecular weight is 326 g/mol. The molecule has 0 amide bonds. The third-order valence-corrected chi connectivity index (χ3v) is 4.12. The standard InChI is InChI=1S/C20H30N4/c1-13(2)12-22-18-16(11-21)14(3)8-17(23-18)15-9-19(4,5)24-20(6,7)10-15/h8-9,11,21,24H,1,10,12H2,2-7H3,(H,22,23). The highest BCUT2D eigenvalue weighted by atomic mass is 15.0. The Morgan fingerprint density at radius 3 is 2.62 bits per heavy atom. The Morgan fingerprint density at radius 1 is 1.42 bits per heavy atom. The Morgan fingerprint density at radius 2 is 2.08 bits per heavy atom. The molecule has 0 radical (unpaired) electrons. The summed E-state index contributed by atoms with van der Waals surface area (Å²) in [7, 11) is 0. The predicted molar refractivity (Wildman–Crippen MR) is 104 cm³/mol. The van der Waals surface area contributed by atoms with Gasteiger partial charge in [0.05, 0.1) is 5.69 Å². The van der Waals surface area contributed by atoms with Crippen molar-refractivity contribution in [3.8, 4) is 0 Å². The number of hydrogen-bond acceptors (Lipinski definition) is 4. The van der Waals surface area contributed by atoms with Crippen molar-refractivity contribution in [3.63, 3.8) is 0 Å². The predicted octanol–water partition coefficient (Wildman–Crippen LogP) is 4.31. The van der Waals surface area contributed by atoms with Crippen LogP contribution in [0.3, 0.4) is 0 Å². The average Bonchev–Trinajstić information content (AvgIpc) is 2.41. The number of anilines is 1. The molecule has 1 aliphatic heterocycles. The highest BCUT2D eigenvalue weighted by molar-refractivity contribution is 5.87. The lowest BCUT2D eigenvalue weighted by Gasteiger charge is -2.41. The second kappa shape index (κ2) is 6.52. The van der Waals surface area contributed by atoms with Gasteiger partial charge in [0, 0.05) is 29.4 Å². The summed E-state index contributed by atoms with van der Waals surface area (Å²) in [6, 6.07) is 2.09. The Hall–Kier alpha value is -1.94. The quantitative estimate of drug-likeness (QED) is 0.558. The van der Waals surface area contributed by atoms with Crippen LogP contribution in [0.1, 0.15) is 57.9 Å². The van der Waals surface area contributed by atoms with Gasteiger partial charge in [0.1, 0.15) is 5.82 Å². The molecule has 0 saturated carbocycles. The monoisotopic (exact) mass is 326 g/mol. The van der Waals surface area contributed by atoms with E-state index in [-0.39, 0.29) is 11.1 Å². The summed E-state index contributed by atoms with van der Waals surface area (Å²) < 4.78 is 0. The molecule has 1 aromatic heterocycles. The summed E-state index contributed by atoms with van der Waals surface area (Å²) in [6.07, 6.45) is 4.57. The van der Waals surface area contributed by atoms with Gasteiger partial charge in [-0.25, -0.2) is 4.98 Å². The van der Waals surface area contributed by atoms with Gasteiger partial charge in [-0.05, 0) is 65.2 Å². The zero-order valence-corrected chi connectivity index (χ0v) is 15.8. The molecule has 0 bridgehead atoms. The zero-order chi connectivity index (χ0) is 18.1. The van der Waals surface area contributed by atoms with E-state index >= 15 is 0 Å². The number of aromatic nitrogens is 1. The lowest BCUT2D eigenvalue weighted by Crippen LogP contribution is -2.53. The molecule has 0 spiro atoms. The van der Waals surface area contributed by atoms with E-state index < -0.39 is 0 Å². The molecule has 1 aliphatic rings. The molecular formula is C20H30N4. The molecule has 0 aliphatic carbocycles. The molecule has 0 unspecified atom stereocenters. The Balaban J connectivity index is 2.49. The summed E-state index contributed by atoms with van der Waals surface area (Å²) in [5.74, 6) is 0.762. The second-order valence-corrected chi connectivity index (χ2v) is 8.12. The van der Waals surface area contributed by atoms with Crippen LogP contribution in [-0.4, -0.2) is 28.8 Å². The first-order valence-corrected chi connectivity index (χ1v) is 8.45. The lowest BCUT2D eigenvalue weighted by atomic mass is 9.82. The molecule has 0 atom stereocenters. The molecule has 24 heavy (non-hydrogen) atoms. The molecule has 4 heteroatoms. The van der Waals surface area contributed by atoms with E-state index in [4.69, 9.17) is 10.4 Å². The third-order valence-electron chi connectivity index (χ3n) is 4.12. The van der Waals surface area contributed by atoms with Crippen LogP contribution in [0.25, 0.3) is 5.57 Å². The number of pyridine rings is 1. The van der Waals surface area contributed by atoms with Gasteiger partial charge in [-0.3, -0.25) is 0 Å². The van der Waals surface area contributed by atoms with E-state index in [9.17, 15) is 0 Å². The van der Waals surface area contributed by atoms with Crippen molar-refractivity contribution in [2.75, 3.05) is 11.9 Å². The number of nitrogens with zero attached hydrogens (tertiary/aromatic N) is 1. The van der Waals surface area contributed by atoms with Gasteiger partial charge in [0.25, 0.3) is 0 Å². The first-order chi connectivity index (χ1) is 11.0. The molecule has 0 fully saturated rings. The van der Waals surface area contributed by atoms with Crippen molar-refractivity contribution in [2.24, 2.45) is 0 Å². The van der Waals surface area contributed by atoms with Crippen LogP contribution >= 0.6 is 0 Å². The molecular weight excluding hydrogens is 296 g/mol. The van der Waals surface area contributed by atoms with Crippen LogP contribution in [0.5, 0.6) is 0 Å². The first kappa shape index (κ1) is 18.4. The van der Waals surface area contributed by atoms with Gasteiger partial charge in [0.2, 0.25) is 0 Å². The molecule has 2 rings (SSSR count). The van der Waals surface area contributed by atoms with Crippen LogP contribution in [0.2, 0.25) is 0 Å². The van der Waals surface area contributed by atoms with E-state index in [0.29, 0.717) is 6.54 Å². The third kappa shape index (κ3) is 4.32. The van der Waals surface area contributed by atoms with Gasteiger partial charge < -0.3 is 16.0 Å². The summed E-state index contributed by atoms with van der Waals surface area (Å²) >= 11 is 0. The van der Waals surface area contributed by atoms with E-state index in [1.807, 2.05) is 13.8 Å². The fraction of sp³-hybridized carbons (Fsp3) is 0.500. The van der Waals surface area contributed by atoms with E-state index in [1.165, 1.54) is 11.8 Å². The number of hydrogen-bond donors (Lipinski definition) is 3. The van der Waals surface area contributed by atoms with Gasteiger partial charge in [-0.2, -0.15) is 0 Å². The van der Waals surface area contributed by atoms with Crippen molar-refractivity contribution in [1.82, 2.24) is 10.3 Å². The van der Waals surface area contributed by atoms with E-state index in [2.05, 4.69) is 57.0 Å². The summed E-state index contributed by atoms with van der Waals surface area (Å²) in [5.41, 5.74) is 5.14. The second-order valence-electron chi connectivity index (χ2n) is 8.12. The minimum atomic E-state index is -0.0712. The summed E-state index contributed by atoms with van der Waals surface area (Å²) in [4.78, 5) is 4.83. The lowest BCUT2D eigenvalue weighted by molar-refractivity contribution is 0.297. The fourth-order valence-electron chi connectivity index (χ4n) is 3.48. The van der Waals surface area contributed by atoms with Gasteiger partial charge in [0.15, 0.2) is 0 Å².